The molecular formula is C16H17ClN2O3S2. The fraction of sp³-hybridized carbons (Fsp3) is 0.312. The lowest BCUT2D eigenvalue weighted by atomic mass is 10.2. The summed E-state index contributed by atoms with van der Waals surface area (Å²) in [5.74, 6) is -0.321. The molecule has 0 radical (unpaired) electrons. The summed E-state index contributed by atoms with van der Waals surface area (Å²) in [5.41, 5.74) is 0.286. The molecule has 1 N–H and O–H groups in total. The van der Waals surface area contributed by atoms with E-state index in [0.29, 0.717) is 19.6 Å². The summed E-state index contributed by atoms with van der Waals surface area (Å²) < 4.78 is 26.8. The van der Waals surface area contributed by atoms with Gasteiger partial charge in [0.1, 0.15) is 4.90 Å². The first-order valence-electron chi connectivity index (χ1n) is 7.59. The summed E-state index contributed by atoms with van der Waals surface area (Å²) in [7, 11) is -3.66. The van der Waals surface area contributed by atoms with Gasteiger partial charge in [0.25, 0.3) is 5.91 Å². The highest BCUT2D eigenvalue weighted by Gasteiger charge is 2.29. The van der Waals surface area contributed by atoms with E-state index in [9.17, 15) is 13.2 Å². The highest BCUT2D eigenvalue weighted by molar-refractivity contribution is 7.89. The number of sulfonamides is 1. The van der Waals surface area contributed by atoms with E-state index in [4.69, 9.17) is 11.6 Å². The van der Waals surface area contributed by atoms with Gasteiger partial charge in [0.2, 0.25) is 10.0 Å². The van der Waals surface area contributed by atoms with E-state index in [1.807, 2.05) is 17.5 Å². The molecule has 0 spiro atoms. The molecule has 0 saturated carbocycles. The van der Waals surface area contributed by atoms with Crippen LogP contribution >= 0.6 is 22.9 Å². The number of carbonyl (C=O) groups is 1. The van der Waals surface area contributed by atoms with E-state index in [0.717, 1.165) is 17.7 Å². The molecule has 2 aromatic rings. The Morgan fingerprint density at radius 1 is 1.25 bits per heavy atom. The Morgan fingerprint density at radius 3 is 2.67 bits per heavy atom. The molecule has 2 heterocycles. The Kier molecular flexibility index (Phi) is 5.24. The van der Waals surface area contributed by atoms with Crippen molar-refractivity contribution in [1.82, 2.24) is 9.62 Å². The molecule has 0 aliphatic carbocycles. The average molecular weight is 385 g/mol. The Morgan fingerprint density at radius 2 is 2.00 bits per heavy atom. The predicted octanol–water partition coefficient (Wildman–Crippen LogP) is 3.12. The number of halogens is 1. The fourth-order valence-electron chi connectivity index (χ4n) is 2.59. The molecule has 1 aromatic heterocycles. The van der Waals surface area contributed by atoms with Crippen LogP contribution in [0.1, 0.15) is 28.1 Å². The molecule has 1 fully saturated rings. The predicted molar refractivity (Wildman–Crippen MR) is 94.9 cm³/mol. The molecule has 1 amide bonds. The number of nitrogens with one attached hydrogen (secondary N) is 1. The number of thiophene rings is 1. The van der Waals surface area contributed by atoms with Gasteiger partial charge in [-0.3, -0.25) is 4.79 Å². The lowest BCUT2D eigenvalue weighted by Gasteiger charge is -2.17. The van der Waals surface area contributed by atoms with Crippen LogP contribution in [0.4, 0.5) is 0 Å². The topological polar surface area (TPSA) is 66.5 Å². The van der Waals surface area contributed by atoms with Crippen LogP contribution in [0.15, 0.2) is 40.6 Å². The van der Waals surface area contributed by atoms with Crippen molar-refractivity contribution in [3.8, 4) is 0 Å². The first kappa shape index (κ1) is 17.4. The Bertz CT molecular complexity index is 829. The van der Waals surface area contributed by atoms with E-state index in [1.165, 1.54) is 22.5 Å². The third-order valence-electron chi connectivity index (χ3n) is 3.88. The molecule has 8 heteroatoms. The number of carbonyl (C=O) groups excluding carboxylic acids is 1. The summed E-state index contributed by atoms with van der Waals surface area (Å²) in [6, 6.07) is 8.20. The summed E-state index contributed by atoms with van der Waals surface area (Å²) >= 11 is 7.63. The van der Waals surface area contributed by atoms with E-state index in [-0.39, 0.29) is 21.4 Å². The van der Waals surface area contributed by atoms with Gasteiger partial charge in [-0.2, -0.15) is 4.31 Å². The van der Waals surface area contributed by atoms with Crippen molar-refractivity contribution in [2.24, 2.45) is 0 Å². The molecule has 5 nitrogen and oxygen atoms in total. The monoisotopic (exact) mass is 384 g/mol. The molecule has 1 saturated heterocycles. The van der Waals surface area contributed by atoms with Crippen LogP contribution in [0, 0.1) is 0 Å². The Balaban J connectivity index is 1.81. The molecule has 0 bridgehead atoms. The molecular weight excluding hydrogens is 368 g/mol. The SMILES string of the molecule is O=C(NCc1cccs1)c1ccc(Cl)c(S(=O)(=O)N2CCCC2)c1. The molecule has 0 atom stereocenters. The molecule has 0 unspecified atom stereocenters. The quantitative estimate of drug-likeness (QED) is 0.861. The third kappa shape index (κ3) is 3.64. The van der Waals surface area contributed by atoms with Gasteiger partial charge in [-0.05, 0) is 42.5 Å². The van der Waals surface area contributed by atoms with Crippen molar-refractivity contribution in [2.75, 3.05) is 13.1 Å². The maximum Gasteiger partial charge on any atom is 0.251 e. The highest BCUT2D eigenvalue weighted by atomic mass is 35.5. The fourth-order valence-corrected chi connectivity index (χ4v) is 5.25. The van der Waals surface area contributed by atoms with Crippen LogP contribution < -0.4 is 5.32 Å². The smallest absolute Gasteiger partial charge is 0.251 e. The van der Waals surface area contributed by atoms with E-state index in [2.05, 4.69) is 5.32 Å². The highest BCUT2D eigenvalue weighted by Crippen LogP contribution is 2.28. The van der Waals surface area contributed by atoms with Crippen molar-refractivity contribution in [3.05, 3.63) is 51.2 Å². The lowest BCUT2D eigenvalue weighted by Crippen LogP contribution is -2.29. The van der Waals surface area contributed by atoms with Crippen LogP contribution in [0.2, 0.25) is 5.02 Å². The average Bonchev–Trinajstić information content (AvgIpc) is 3.26. The van der Waals surface area contributed by atoms with Crippen molar-refractivity contribution in [1.29, 1.82) is 0 Å². The van der Waals surface area contributed by atoms with Crippen LogP contribution in [-0.2, 0) is 16.6 Å². The summed E-state index contributed by atoms with van der Waals surface area (Å²) in [5, 5.41) is 4.86. The third-order valence-corrected chi connectivity index (χ3v) is 7.14. The van der Waals surface area contributed by atoms with Crippen LogP contribution in [0.25, 0.3) is 0 Å². The number of nitrogens with zero attached hydrogens (tertiary/aromatic N) is 1. The van der Waals surface area contributed by atoms with Gasteiger partial charge in [-0.25, -0.2) is 8.42 Å². The normalized spacial score (nSPS) is 15.5. The maximum absolute atomic E-state index is 12.7. The van der Waals surface area contributed by atoms with E-state index < -0.39 is 10.0 Å². The van der Waals surface area contributed by atoms with Gasteiger partial charge in [0.05, 0.1) is 11.6 Å². The van der Waals surface area contributed by atoms with E-state index in [1.54, 1.807) is 11.3 Å². The first-order chi connectivity index (χ1) is 11.5. The number of hydrogen-bond acceptors (Lipinski definition) is 4. The molecule has 3 rings (SSSR count). The van der Waals surface area contributed by atoms with E-state index >= 15 is 0 Å². The zero-order valence-electron chi connectivity index (χ0n) is 12.9. The first-order valence-corrected chi connectivity index (χ1v) is 10.3. The zero-order valence-corrected chi connectivity index (χ0v) is 15.3. The summed E-state index contributed by atoms with van der Waals surface area (Å²) in [4.78, 5) is 13.3. The molecule has 128 valence electrons. The number of rotatable bonds is 5. The van der Waals surface area contributed by atoms with Crippen molar-refractivity contribution in [2.45, 2.75) is 24.3 Å². The van der Waals surface area contributed by atoms with Crippen LogP contribution in [0.5, 0.6) is 0 Å². The second kappa shape index (κ2) is 7.23. The second-order valence-corrected chi connectivity index (χ2v) is 8.86. The summed E-state index contributed by atoms with van der Waals surface area (Å²) in [6.45, 7) is 1.40. The largest absolute Gasteiger partial charge is 0.347 e. The van der Waals surface area contributed by atoms with Crippen LogP contribution in [0.3, 0.4) is 0 Å². The van der Waals surface area contributed by atoms with Gasteiger partial charge in [0.15, 0.2) is 0 Å². The van der Waals surface area contributed by atoms with Gasteiger partial charge in [-0.1, -0.05) is 17.7 Å². The van der Waals surface area contributed by atoms with Gasteiger partial charge in [-0.15, -0.1) is 11.3 Å². The molecule has 1 aliphatic heterocycles. The second-order valence-electron chi connectivity index (χ2n) is 5.52. The molecule has 1 aliphatic rings. The van der Waals surface area contributed by atoms with Gasteiger partial charge >= 0.3 is 0 Å². The van der Waals surface area contributed by atoms with Crippen molar-refractivity contribution >= 4 is 38.9 Å². The van der Waals surface area contributed by atoms with Crippen molar-refractivity contribution < 1.29 is 13.2 Å². The van der Waals surface area contributed by atoms with Crippen molar-refractivity contribution in [3.63, 3.8) is 0 Å². The minimum atomic E-state index is -3.66. The van der Waals surface area contributed by atoms with Crippen LogP contribution in [-0.4, -0.2) is 31.7 Å². The number of benzene rings is 1. The Hall–Kier alpha value is -1.41. The minimum absolute atomic E-state index is 0.00478. The van der Waals surface area contributed by atoms with Gasteiger partial charge in [0, 0.05) is 23.5 Å². The maximum atomic E-state index is 12.7. The lowest BCUT2D eigenvalue weighted by molar-refractivity contribution is 0.0951. The summed E-state index contributed by atoms with van der Waals surface area (Å²) in [6.07, 6.45) is 1.69. The number of amides is 1. The zero-order chi connectivity index (χ0) is 17.2. The number of hydrogen-bond donors (Lipinski definition) is 1. The standard InChI is InChI=1S/C16H17ClN2O3S2/c17-14-6-5-12(16(20)18-11-13-4-3-9-23-13)10-15(14)24(21,22)19-7-1-2-8-19/h3-6,9-10H,1-2,7-8,11H2,(H,18,20). The Labute approximate surface area is 150 Å². The van der Waals surface area contributed by atoms with Gasteiger partial charge < -0.3 is 5.32 Å². The minimum Gasteiger partial charge on any atom is -0.347 e. The molecule has 1 aromatic carbocycles. The molecule has 24 heavy (non-hydrogen) atoms.